The van der Waals surface area contributed by atoms with Crippen LogP contribution in [0.5, 0.6) is 0 Å². The van der Waals surface area contributed by atoms with Crippen LogP contribution in [0.3, 0.4) is 0 Å². The van der Waals surface area contributed by atoms with E-state index in [1.165, 1.54) is 32.1 Å². The van der Waals surface area contributed by atoms with Crippen molar-refractivity contribution in [3.63, 3.8) is 0 Å². The summed E-state index contributed by atoms with van der Waals surface area (Å²) in [6, 6.07) is 0.555. The van der Waals surface area contributed by atoms with E-state index >= 15 is 0 Å². The topological polar surface area (TPSA) is 64.7 Å². The number of rotatable bonds is 6. The number of carbonyl (C=O) groups excluding carboxylic acids is 2. The molecule has 0 aromatic heterocycles. The maximum Gasteiger partial charge on any atom is 0.234 e. The first-order valence-corrected chi connectivity index (χ1v) is 10.1. The fraction of sp³-hybridized carbons (Fsp3) is 0.895. The molecule has 2 N–H and O–H groups in total. The number of carbonyl (C=O) groups is 2. The smallest absolute Gasteiger partial charge is 0.234 e. The van der Waals surface area contributed by atoms with Gasteiger partial charge in [0.25, 0.3) is 0 Å². The Kier molecular flexibility index (Phi) is 8.68. The minimum Gasteiger partial charge on any atom is -0.353 e. The number of amides is 2. The van der Waals surface area contributed by atoms with Gasteiger partial charge in [0, 0.05) is 38.3 Å². The van der Waals surface area contributed by atoms with Crippen LogP contribution in [0.25, 0.3) is 0 Å². The molecule has 6 nitrogen and oxygen atoms in total. The summed E-state index contributed by atoms with van der Waals surface area (Å²) in [5, 5.41) is 6.17. The third kappa shape index (κ3) is 8.19. The predicted molar refractivity (Wildman–Crippen MR) is 100 cm³/mol. The predicted octanol–water partition coefficient (Wildman–Crippen LogP) is 1.36. The van der Waals surface area contributed by atoms with Gasteiger partial charge < -0.3 is 10.6 Å². The second kappa shape index (κ2) is 10.8. The summed E-state index contributed by atoms with van der Waals surface area (Å²) < 4.78 is 0. The molecule has 144 valence electrons. The molecular formula is C19H36N4O2. The summed E-state index contributed by atoms with van der Waals surface area (Å²) in [7, 11) is 0. The van der Waals surface area contributed by atoms with E-state index in [1.54, 1.807) is 0 Å². The van der Waals surface area contributed by atoms with Gasteiger partial charge in [-0.1, -0.05) is 32.1 Å². The van der Waals surface area contributed by atoms with Crippen LogP contribution in [0.1, 0.15) is 58.8 Å². The highest BCUT2D eigenvalue weighted by molar-refractivity contribution is 5.78. The van der Waals surface area contributed by atoms with Gasteiger partial charge in [-0.3, -0.25) is 19.4 Å². The Morgan fingerprint density at radius 1 is 0.840 bits per heavy atom. The van der Waals surface area contributed by atoms with Crippen LogP contribution in [0.4, 0.5) is 0 Å². The Morgan fingerprint density at radius 2 is 1.32 bits per heavy atom. The molecule has 6 heteroatoms. The number of nitrogens with one attached hydrogen (secondary N) is 2. The summed E-state index contributed by atoms with van der Waals surface area (Å²) in [5.74, 6) is 0.252. The van der Waals surface area contributed by atoms with Crippen molar-refractivity contribution >= 4 is 11.8 Å². The average Bonchev–Trinajstić information content (AvgIpc) is 2.51. The van der Waals surface area contributed by atoms with Crippen molar-refractivity contribution in [2.24, 2.45) is 0 Å². The third-order valence-corrected chi connectivity index (χ3v) is 5.12. The van der Waals surface area contributed by atoms with E-state index in [4.69, 9.17) is 0 Å². The number of hydrogen-bond donors (Lipinski definition) is 2. The van der Waals surface area contributed by atoms with Gasteiger partial charge in [-0.05, 0) is 26.7 Å². The first kappa shape index (κ1) is 20.2. The highest BCUT2D eigenvalue weighted by atomic mass is 16.2. The SMILES string of the molecule is CC(C)NC(=O)CN1CCN(CC(=O)NC2CCCCCCC2)CC1. The van der Waals surface area contributed by atoms with E-state index in [-0.39, 0.29) is 17.9 Å². The normalized spacial score (nSPS) is 21.6. The molecule has 1 heterocycles. The molecule has 0 unspecified atom stereocenters. The molecule has 0 atom stereocenters. The fourth-order valence-corrected chi connectivity index (χ4v) is 3.75. The van der Waals surface area contributed by atoms with Gasteiger partial charge in [-0.15, -0.1) is 0 Å². The van der Waals surface area contributed by atoms with Crippen molar-refractivity contribution in [3.8, 4) is 0 Å². The molecule has 0 radical (unpaired) electrons. The van der Waals surface area contributed by atoms with E-state index in [0.29, 0.717) is 19.1 Å². The molecule has 1 aliphatic heterocycles. The lowest BCUT2D eigenvalue weighted by Crippen LogP contribution is -2.52. The van der Waals surface area contributed by atoms with E-state index in [0.717, 1.165) is 39.0 Å². The molecule has 1 saturated carbocycles. The van der Waals surface area contributed by atoms with Gasteiger partial charge in [-0.2, -0.15) is 0 Å². The number of hydrogen-bond acceptors (Lipinski definition) is 4. The van der Waals surface area contributed by atoms with Gasteiger partial charge in [-0.25, -0.2) is 0 Å². The van der Waals surface area contributed by atoms with E-state index in [2.05, 4.69) is 20.4 Å². The molecule has 1 saturated heterocycles. The van der Waals surface area contributed by atoms with Crippen LogP contribution in [0.15, 0.2) is 0 Å². The van der Waals surface area contributed by atoms with Crippen LogP contribution >= 0.6 is 0 Å². The van der Waals surface area contributed by atoms with Gasteiger partial charge in [0.15, 0.2) is 0 Å². The average molecular weight is 353 g/mol. The van der Waals surface area contributed by atoms with Crippen LogP contribution in [0.2, 0.25) is 0 Å². The maximum absolute atomic E-state index is 12.3. The second-order valence-electron chi connectivity index (χ2n) is 7.88. The Balaban J connectivity index is 1.63. The molecule has 1 aliphatic carbocycles. The van der Waals surface area contributed by atoms with E-state index in [9.17, 15) is 9.59 Å². The monoisotopic (exact) mass is 352 g/mol. The maximum atomic E-state index is 12.3. The quantitative estimate of drug-likeness (QED) is 0.758. The van der Waals surface area contributed by atoms with Crippen molar-refractivity contribution in [3.05, 3.63) is 0 Å². The Labute approximate surface area is 152 Å². The zero-order valence-electron chi connectivity index (χ0n) is 16.1. The van der Waals surface area contributed by atoms with Crippen LogP contribution in [-0.2, 0) is 9.59 Å². The lowest BCUT2D eigenvalue weighted by molar-refractivity contribution is -0.125. The standard InChI is InChI=1S/C19H36N4O2/c1-16(2)20-18(24)14-22-10-12-23(13-11-22)15-19(25)21-17-8-6-4-3-5-7-9-17/h16-17H,3-15H2,1-2H3,(H,20,24)(H,21,25). The van der Waals surface area contributed by atoms with Crippen molar-refractivity contribution in [1.29, 1.82) is 0 Å². The Hall–Kier alpha value is -1.14. The minimum absolute atomic E-state index is 0.0884. The molecule has 2 aliphatic rings. The minimum atomic E-state index is 0.0884. The molecule has 0 aromatic carbocycles. The largest absolute Gasteiger partial charge is 0.353 e. The summed E-state index contributed by atoms with van der Waals surface area (Å²) in [5.41, 5.74) is 0. The highest BCUT2D eigenvalue weighted by Crippen LogP contribution is 2.17. The van der Waals surface area contributed by atoms with Gasteiger partial charge in [0.2, 0.25) is 11.8 Å². The van der Waals surface area contributed by atoms with Crippen LogP contribution < -0.4 is 10.6 Å². The van der Waals surface area contributed by atoms with Crippen molar-refractivity contribution in [2.45, 2.75) is 70.9 Å². The summed E-state index contributed by atoms with van der Waals surface area (Å²) in [4.78, 5) is 28.5. The molecular weight excluding hydrogens is 316 g/mol. The Bertz CT molecular complexity index is 412. The summed E-state index contributed by atoms with van der Waals surface area (Å²) in [6.45, 7) is 8.31. The molecule has 25 heavy (non-hydrogen) atoms. The third-order valence-electron chi connectivity index (χ3n) is 5.12. The first-order valence-electron chi connectivity index (χ1n) is 10.1. The molecule has 0 aromatic rings. The zero-order chi connectivity index (χ0) is 18.1. The van der Waals surface area contributed by atoms with Crippen molar-refractivity contribution < 1.29 is 9.59 Å². The van der Waals surface area contributed by atoms with Gasteiger partial charge in [0.05, 0.1) is 13.1 Å². The number of piperazine rings is 1. The lowest BCUT2D eigenvalue weighted by Gasteiger charge is -2.34. The highest BCUT2D eigenvalue weighted by Gasteiger charge is 2.22. The summed E-state index contributed by atoms with van der Waals surface area (Å²) >= 11 is 0. The summed E-state index contributed by atoms with van der Waals surface area (Å²) in [6.07, 6.45) is 8.69. The molecule has 2 fully saturated rings. The number of nitrogens with zero attached hydrogens (tertiary/aromatic N) is 2. The molecule has 2 rings (SSSR count). The second-order valence-corrected chi connectivity index (χ2v) is 7.88. The van der Waals surface area contributed by atoms with Gasteiger partial charge in [0.1, 0.15) is 0 Å². The fourth-order valence-electron chi connectivity index (χ4n) is 3.75. The molecule has 0 bridgehead atoms. The van der Waals surface area contributed by atoms with Gasteiger partial charge >= 0.3 is 0 Å². The lowest BCUT2D eigenvalue weighted by atomic mass is 9.97. The zero-order valence-corrected chi connectivity index (χ0v) is 16.1. The Morgan fingerprint density at radius 3 is 1.84 bits per heavy atom. The molecule has 2 amide bonds. The van der Waals surface area contributed by atoms with Crippen LogP contribution in [0, 0.1) is 0 Å². The van der Waals surface area contributed by atoms with Crippen LogP contribution in [-0.4, -0.2) is 73.0 Å². The first-order chi connectivity index (χ1) is 12.0. The van der Waals surface area contributed by atoms with E-state index < -0.39 is 0 Å². The van der Waals surface area contributed by atoms with Crippen molar-refractivity contribution in [1.82, 2.24) is 20.4 Å². The molecule has 0 spiro atoms. The van der Waals surface area contributed by atoms with E-state index in [1.807, 2.05) is 13.8 Å². The van der Waals surface area contributed by atoms with Crippen molar-refractivity contribution in [2.75, 3.05) is 39.3 Å².